The molecule has 0 spiro atoms. The molecular weight excluding hydrogens is 336 g/mol. The van der Waals surface area contributed by atoms with Crippen LogP contribution in [0.2, 0.25) is 0 Å². The van der Waals surface area contributed by atoms with Crippen LogP contribution in [0.4, 0.5) is 5.82 Å². The number of anilines is 1. The molecule has 1 saturated carbocycles. The Morgan fingerprint density at radius 1 is 1.00 bits per heavy atom. The van der Waals surface area contributed by atoms with E-state index in [1.54, 1.807) is 6.20 Å². The van der Waals surface area contributed by atoms with Crippen LogP contribution >= 0.6 is 0 Å². The van der Waals surface area contributed by atoms with Crippen molar-refractivity contribution in [2.45, 2.75) is 6.04 Å². The van der Waals surface area contributed by atoms with Crippen LogP contribution in [0.25, 0.3) is 0 Å². The van der Waals surface area contributed by atoms with Crippen molar-refractivity contribution in [3.63, 3.8) is 0 Å². The van der Waals surface area contributed by atoms with E-state index < -0.39 is 0 Å². The van der Waals surface area contributed by atoms with Gasteiger partial charge in [-0.3, -0.25) is 4.79 Å². The largest absolute Gasteiger partial charge is 0.381 e. The maximum absolute atomic E-state index is 13.1. The second-order valence-corrected chi connectivity index (χ2v) is 7.39. The van der Waals surface area contributed by atoms with E-state index in [9.17, 15) is 4.79 Å². The molecule has 4 atom stereocenters. The maximum atomic E-state index is 13.1. The topological polar surface area (TPSA) is 77.0 Å². The van der Waals surface area contributed by atoms with E-state index in [-0.39, 0.29) is 17.9 Å². The number of nitrogens with zero attached hydrogens (tertiary/aromatic N) is 4. The standard InChI is InChI=1S/C18H24N4O4/c23-18(16-12-9-26-10-13(12)16)22-5-8-25-11-14(22)17-19-2-1-15(20-17)21-3-6-24-7-4-21/h1-2,12-14,16H,3-11H2/t12-,13+,14?,16?. The van der Waals surface area contributed by atoms with E-state index in [2.05, 4.69) is 9.88 Å². The molecule has 4 aliphatic rings. The molecule has 1 aromatic rings. The van der Waals surface area contributed by atoms with Crippen LogP contribution in [0.15, 0.2) is 12.3 Å². The van der Waals surface area contributed by atoms with E-state index in [0.29, 0.717) is 50.6 Å². The number of rotatable bonds is 3. The molecule has 1 aromatic heterocycles. The lowest BCUT2D eigenvalue weighted by Gasteiger charge is -2.35. The zero-order valence-corrected chi connectivity index (χ0v) is 14.7. The van der Waals surface area contributed by atoms with Gasteiger partial charge in [-0.1, -0.05) is 0 Å². The quantitative estimate of drug-likeness (QED) is 0.757. The normalized spacial score (nSPS) is 33.8. The van der Waals surface area contributed by atoms with Crippen LogP contribution in [-0.4, -0.2) is 80.1 Å². The van der Waals surface area contributed by atoms with Crippen molar-refractivity contribution < 1.29 is 19.0 Å². The minimum Gasteiger partial charge on any atom is -0.381 e. The molecule has 5 rings (SSSR count). The van der Waals surface area contributed by atoms with Crippen molar-refractivity contribution in [3.05, 3.63) is 18.1 Å². The average Bonchev–Trinajstić information content (AvgIpc) is 3.19. The Morgan fingerprint density at radius 3 is 2.58 bits per heavy atom. The fourth-order valence-electron chi connectivity index (χ4n) is 4.37. The number of hydrogen-bond acceptors (Lipinski definition) is 7. The maximum Gasteiger partial charge on any atom is 0.227 e. The predicted molar refractivity (Wildman–Crippen MR) is 91.6 cm³/mol. The van der Waals surface area contributed by atoms with Gasteiger partial charge >= 0.3 is 0 Å². The molecule has 4 fully saturated rings. The third-order valence-electron chi connectivity index (χ3n) is 5.94. The van der Waals surface area contributed by atoms with Gasteiger partial charge in [-0.15, -0.1) is 0 Å². The Kier molecular flexibility index (Phi) is 4.26. The molecule has 0 N–H and O–H groups in total. The lowest BCUT2D eigenvalue weighted by Crippen LogP contribution is -2.45. The molecule has 1 amide bonds. The van der Waals surface area contributed by atoms with E-state index in [4.69, 9.17) is 19.2 Å². The van der Waals surface area contributed by atoms with Gasteiger partial charge in [0.15, 0.2) is 5.82 Å². The number of carbonyl (C=O) groups excluding carboxylic acids is 1. The van der Waals surface area contributed by atoms with Gasteiger partial charge in [0.2, 0.25) is 5.91 Å². The van der Waals surface area contributed by atoms with Gasteiger partial charge in [-0.05, 0) is 17.9 Å². The summed E-state index contributed by atoms with van der Waals surface area (Å²) in [6, 6.07) is 1.72. The van der Waals surface area contributed by atoms with Crippen molar-refractivity contribution in [2.24, 2.45) is 17.8 Å². The highest BCUT2D eigenvalue weighted by Gasteiger charge is 2.59. The predicted octanol–water partition coefficient (Wildman–Crippen LogP) is 0.106. The number of ether oxygens (including phenoxy) is 3. The molecule has 0 aromatic carbocycles. The second-order valence-electron chi connectivity index (χ2n) is 7.39. The van der Waals surface area contributed by atoms with E-state index in [1.165, 1.54) is 0 Å². The Labute approximate surface area is 152 Å². The molecule has 0 bridgehead atoms. The zero-order valence-electron chi connectivity index (χ0n) is 14.7. The van der Waals surface area contributed by atoms with Crippen LogP contribution in [-0.2, 0) is 19.0 Å². The lowest BCUT2D eigenvalue weighted by molar-refractivity contribution is -0.143. The summed E-state index contributed by atoms with van der Waals surface area (Å²) in [6.07, 6.45) is 1.78. The minimum absolute atomic E-state index is 0.117. The molecule has 4 heterocycles. The second kappa shape index (κ2) is 6.75. The fraction of sp³-hybridized carbons (Fsp3) is 0.722. The Balaban J connectivity index is 1.36. The zero-order chi connectivity index (χ0) is 17.5. The van der Waals surface area contributed by atoms with Gasteiger partial charge in [-0.25, -0.2) is 9.97 Å². The van der Waals surface area contributed by atoms with Crippen LogP contribution in [0.5, 0.6) is 0 Å². The Bertz CT molecular complexity index is 671. The van der Waals surface area contributed by atoms with Crippen LogP contribution in [0.1, 0.15) is 11.9 Å². The number of carbonyl (C=O) groups is 1. The summed E-state index contributed by atoms with van der Waals surface area (Å²) in [5, 5.41) is 0. The summed E-state index contributed by atoms with van der Waals surface area (Å²) < 4.78 is 16.5. The number of aromatic nitrogens is 2. The smallest absolute Gasteiger partial charge is 0.227 e. The molecule has 26 heavy (non-hydrogen) atoms. The lowest BCUT2D eigenvalue weighted by atomic mass is 10.1. The molecule has 1 aliphatic carbocycles. The van der Waals surface area contributed by atoms with Crippen LogP contribution in [0, 0.1) is 17.8 Å². The van der Waals surface area contributed by atoms with Gasteiger partial charge in [0.1, 0.15) is 11.9 Å². The summed E-state index contributed by atoms with van der Waals surface area (Å²) in [7, 11) is 0. The van der Waals surface area contributed by atoms with Gasteiger partial charge in [0, 0.05) is 31.7 Å². The first kappa shape index (κ1) is 16.4. The highest BCUT2D eigenvalue weighted by molar-refractivity contribution is 5.83. The van der Waals surface area contributed by atoms with Crippen molar-refractivity contribution in [2.75, 3.05) is 64.2 Å². The van der Waals surface area contributed by atoms with Gasteiger partial charge in [0.05, 0.1) is 39.6 Å². The first-order valence-electron chi connectivity index (χ1n) is 9.44. The first-order chi connectivity index (χ1) is 12.8. The fourth-order valence-corrected chi connectivity index (χ4v) is 4.37. The van der Waals surface area contributed by atoms with Crippen molar-refractivity contribution >= 4 is 11.7 Å². The van der Waals surface area contributed by atoms with Crippen LogP contribution < -0.4 is 4.90 Å². The highest BCUT2D eigenvalue weighted by Crippen LogP contribution is 2.52. The molecular formula is C18H24N4O4. The number of morpholine rings is 2. The Morgan fingerprint density at radius 2 is 1.77 bits per heavy atom. The highest BCUT2D eigenvalue weighted by atomic mass is 16.5. The van der Waals surface area contributed by atoms with Crippen molar-refractivity contribution in [3.8, 4) is 0 Å². The first-order valence-corrected chi connectivity index (χ1v) is 9.44. The van der Waals surface area contributed by atoms with E-state index in [0.717, 1.165) is 32.1 Å². The van der Waals surface area contributed by atoms with E-state index in [1.807, 2.05) is 11.0 Å². The summed E-state index contributed by atoms with van der Waals surface area (Å²) in [5.41, 5.74) is 0. The number of amides is 1. The van der Waals surface area contributed by atoms with E-state index >= 15 is 0 Å². The number of hydrogen-bond donors (Lipinski definition) is 0. The monoisotopic (exact) mass is 360 g/mol. The molecule has 140 valence electrons. The third kappa shape index (κ3) is 2.86. The van der Waals surface area contributed by atoms with Crippen LogP contribution in [0.3, 0.4) is 0 Å². The minimum atomic E-state index is -0.209. The molecule has 8 nitrogen and oxygen atoms in total. The van der Waals surface area contributed by atoms with Crippen molar-refractivity contribution in [1.82, 2.24) is 14.9 Å². The summed E-state index contributed by atoms with van der Waals surface area (Å²) in [6.45, 7) is 6.15. The Hall–Kier alpha value is -1.77. The van der Waals surface area contributed by atoms with Gasteiger partial charge in [-0.2, -0.15) is 0 Å². The van der Waals surface area contributed by atoms with Crippen molar-refractivity contribution in [1.29, 1.82) is 0 Å². The summed E-state index contributed by atoms with van der Waals surface area (Å²) in [5.74, 6) is 2.72. The molecule has 3 saturated heterocycles. The SMILES string of the molecule is O=C(C1[C@H]2COC[C@@H]12)N1CCOCC1c1nccc(N2CCOCC2)n1. The molecule has 0 radical (unpaired) electrons. The summed E-state index contributed by atoms with van der Waals surface area (Å²) in [4.78, 5) is 26.5. The molecule has 8 heteroatoms. The average molecular weight is 360 g/mol. The third-order valence-corrected chi connectivity index (χ3v) is 5.94. The number of fused-ring (bicyclic) bond motifs is 1. The van der Waals surface area contributed by atoms with Gasteiger partial charge in [0.25, 0.3) is 0 Å². The summed E-state index contributed by atoms with van der Waals surface area (Å²) >= 11 is 0. The molecule has 3 aliphatic heterocycles. The molecule has 2 unspecified atom stereocenters. The van der Waals surface area contributed by atoms with Gasteiger partial charge < -0.3 is 24.0 Å².